The predicted molar refractivity (Wildman–Crippen MR) is 83.6 cm³/mol. The van der Waals surface area contributed by atoms with E-state index in [9.17, 15) is 9.50 Å². The van der Waals surface area contributed by atoms with Crippen LogP contribution in [0.25, 0.3) is 0 Å². The van der Waals surface area contributed by atoms with Gasteiger partial charge in [0.15, 0.2) is 0 Å². The van der Waals surface area contributed by atoms with Gasteiger partial charge in [0, 0.05) is 10.2 Å². The molecule has 1 atom stereocenters. The van der Waals surface area contributed by atoms with Gasteiger partial charge in [-0.05, 0) is 42.8 Å². The summed E-state index contributed by atoms with van der Waals surface area (Å²) in [5.41, 5.74) is 0.806. The molecule has 2 nitrogen and oxygen atoms in total. The quantitative estimate of drug-likeness (QED) is 0.839. The van der Waals surface area contributed by atoms with E-state index < -0.39 is 11.4 Å². The summed E-state index contributed by atoms with van der Waals surface area (Å²) in [6, 6.07) is 12.0. The maximum Gasteiger partial charge on any atom is 0.141 e. The largest absolute Gasteiger partial charge is 0.394 e. The Bertz CT molecular complexity index is 623. The van der Waals surface area contributed by atoms with E-state index in [4.69, 9.17) is 11.6 Å². The highest BCUT2D eigenvalue weighted by molar-refractivity contribution is 9.10. The molecule has 0 spiro atoms. The lowest BCUT2D eigenvalue weighted by Gasteiger charge is -2.31. The number of rotatable bonds is 4. The van der Waals surface area contributed by atoms with Crippen LogP contribution in [0.5, 0.6) is 0 Å². The second-order valence-electron chi connectivity index (χ2n) is 4.75. The monoisotopic (exact) mass is 357 g/mol. The first-order chi connectivity index (χ1) is 9.44. The van der Waals surface area contributed by atoms with Crippen LogP contribution in [-0.2, 0) is 5.54 Å². The number of benzene rings is 2. The molecule has 0 aliphatic rings. The molecular weight excluding hydrogens is 345 g/mol. The molecule has 2 N–H and O–H groups in total. The Morgan fingerprint density at radius 1 is 1.30 bits per heavy atom. The summed E-state index contributed by atoms with van der Waals surface area (Å²) in [7, 11) is 0. The van der Waals surface area contributed by atoms with Crippen LogP contribution in [0, 0.1) is 5.82 Å². The summed E-state index contributed by atoms with van der Waals surface area (Å²) in [6.45, 7) is 1.68. The molecule has 0 bridgehead atoms. The van der Waals surface area contributed by atoms with Crippen molar-refractivity contribution in [1.82, 2.24) is 0 Å². The summed E-state index contributed by atoms with van der Waals surface area (Å²) in [5, 5.41) is 13.0. The molecular formula is C15H14BrClFNO. The molecule has 106 valence electrons. The second-order valence-corrected chi connectivity index (χ2v) is 6.08. The third-order valence-corrected chi connectivity index (χ3v) is 3.90. The first-order valence-electron chi connectivity index (χ1n) is 6.05. The third kappa shape index (κ3) is 3.32. The summed E-state index contributed by atoms with van der Waals surface area (Å²) in [5.74, 6) is -0.474. The predicted octanol–water partition coefficient (Wildman–Crippen LogP) is 4.56. The minimum atomic E-state index is -0.752. The van der Waals surface area contributed by atoms with E-state index in [0.29, 0.717) is 5.56 Å². The van der Waals surface area contributed by atoms with Crippen molar-refractivity contribution in [3.8, 4) is 0 Å². The summed E-state index contributed by atoms with van der Waals surface area (Å²) >= 11 is 9.21. The summed E-state index contributed by atoms with van der Waals surface area (Å²) in [4.78, 5) is 0. The molecule has 0 radical (unpaired) electrons. The average Bonchev–Trinajstić information content (AvgIpc) is 2.41. The SMILES string of the molecule is CC(CO)(Nc1cccc(Br)c1)c1ccc(F)c(Cl)c1. The number of halogens is 3. The number of hydrogen-bond donors (Lipinski definition) is 2. The average molecular weight is 359 g/mol. The number of nitrogens with one attached hydrogen (secondary N) is 1. The third-order valence-electron chi connectivity index (χ3n) is 3.12. The van der Waals surface area contributed by atoms with Crippen LogP contribution in [-0.4, -0.2) is 11.7 Å². The zero-order valence-corrected chi connectivity index (χ0v) is 13.2. The van der Waals surface area contributed by atoms with Crippen molar-refractivity contribution in [3.63, 3.8) is 0 Å². The Labute approximate surface area is 130 Å². The van der Waals surface area contributed by atoms with Gasteiger partial charge in [0.05, 0.1) is 17.2 Å². The minimum absolute atomic E-state index is 0.0400. The van der Waals surface area contributed by atoms with Gasteiger partial charge in [-0.3, -0.25) is 0 Å². The number of aliphatic hydroxyl groups excluding tert-OH is 1. The maximum atomic E-state index is 13.2. The summed E-state index contributed by atoms with van der Waals surface area (Å²) < 4.78 is 14.2. The normalized spacial score (nSPS) is 13.8. The van der Waals surface area contributed by atoms with Crippen LogP contribution in [0.15, 0.2) is 46.9 Å². The Morgan fingerprint density at radius 2 is 2.05 bits per heavy atom. The first kappa shape index (κ1) is 15.3. The molecule has 1 unspecified atom stereocenters. The Hall–Kier alpha value is -1.10. The van der Waals surface area contributed by atoms with Gasteiger partial charge >= 0.3 is 0 Å². The van der Waals surface area contributed by atoms with Gasteiger partial charge in [-0.25, -0.2) is 4.39 Å². The molecule has 2 aromatic rings. The molecule has 0 saturated heterocycles. The molecule has 0 fully saturated rings. The van der Waals surface area contributed by atoms with Gasteiger partial charge in [0.1, 0.15) is 5.82 Å². The van der Waals surface area contributed by atoms with E-state index in [1.807, 2.05) is 31.2 Å². The molecule has 0 saturated carbocycles. The standard InChI is InChI=1S/C15H14BrClFNO/c1-15(9-20,10-5-6-14(18)13(17)7-10)19-12-4-2-3-11(16)8-12/h2-8,19-20H,9H2,1H3. The van der Waals surface area contributed by atoms with Crippen molar-refractivity contribution in [1.29, 1.82) is 0 Å². The number of hydrogen-bond acceptors (Lipinski definition) is 2. The van der Waals surface area contributed by atoms with Gasteiger partial charge < -0.3 is 10.4 Å². The molecule has 0 aromatic heterocycles. The van der Waals surface area contributed by atoms with Crippen LogP contribution in [0.4, 0.5) is 10.1 Å². The second kappa shape index (κ2) is 6.12. The van der Waals surface area contributed by atoms with Crippen molar-refractivity contribution in [3.05, 3.63) is 63.3 Å². The van der Waals surface area contributed by atoms with E-state index in [0.717, 1.165) is 10.2 Å². The lowest BCUT2D eigenvalue weighted by molar-refractivity contribution is 0.224. The van der Waals surface area contributed by atoms with E-state index in [1.54, 1.807) is 6.07 Å². The molecule has 0 heterocycles. The molecule has 2 aromatic carbocycles. The van der Waals surface area contributed by atoms with E-state index >= 15 is 0 Å². The van der Waals surface area contributed by atoms with Crippen LogP contribution in [0.3, 0.4) is 0 Å². The zero-order valence-electron chi connectivity index (χ0n) is 10.8. The van der Waals surface area contributed by atoms with Crippen molar-refractivity contribution in [2.75, 3.05) is 11.9 Å². The zero-order chi connectivity index (χ0) is 14.8. The van der Waals surface area contributed by atoms with Crippen LogP contribution in [0.2, 0.25) is 5.02 Å². The van der Waals surface area contributed by atoms with Gasteiger partial charge in [-0.2, -0.15) is 0 Å². The highest BCUT2D eigenvalue weighted by Gasteiger charge is 2.26. The van der Waals surface area contributed by atoms with Crippen LogP contribution >= 0.6 is 27.5 Å². The van der Waals surface area contributed by atoms with Gasteiger partial charge in [0.2, 0.25) is 0 Å². The van der Waals surface area contributed by atoms with Gasteiger partial charge in [-0.15, -0.1) is 0 Å². The molecule has 0 aliphatic carbocycles. The van der Waals surface area contributed by atoms with Crippen LogP contribution < -0.4 is 5.32 Å². The van der Waals surface area contributed by atoms with Crippen molar-refractivity contribution >= 4 is 33.2 Å². The minimum Gasteiger partial charge on any atom is -0.394 e. The highest BCUT2D eigenvalue weighted by Crippen LogP contribution is 2.29. The van der Waals surface area contributed by atoms with Crippen LogP contribution in [0.1, 0.15) is 12.5 Å². The molecule has 0 amide bonds. The highest BCUT2D eigenvalue weighted by atomic mass is 79.9. The summed E-state index contributed by atoms with van der Waals surface area (Å²) in [6.07, 6.45) is 0. The van der Waals surface area contributed by atoms with E-state index in [1.165, 1.54) is 12.1 Å². The Morgan fingerprint density at radius 3 is 2.65 bits per heavy atom. The van der Waals surface area contributed by atoms with Crippen molar-refractivity contribution in [2.24, 2.45) is 0 Å². The lowest BCUT2D eigenvalue weighted by atomic mass is 9.92. The maximum absolute atomic E-state index is 13.2. The molecule has 20 heavy (non-hydrogen) atoms. The fourth-order valence-corrected chi connectivity index (χ4v) is 2.51. The fourth-order valence-electron chi connectivity index (χ4n) is 1.93. The smallest absolute Gasteiger partial charge is 0.141 e. The van der Waals surface area contributed by atoms with Crippen molar-refractivity contribution in [2.45, 2.75) is 12.5 Å². The van der Waals surface area contributed by atoms with E-state index in [-0.39, 0.29) is 11.6 Å². The number of aliphatic hydroxyl groups is 1. The molecule has 2 rings (SSSR count). The Kier molecular flexibility index (Phi) is 4.68. The molecule has 5 heteroatoms. The number of anilines is 1. The fraction of sp³-hybridized carbons (Fsp3) is 0.200. The lowest BCUT2D eigenvalue weighted by Crippen LogP contribution is -2.35. The first-order valence-corrected chi connectivity index (χ1v) is 7.22. The van der Waals surface area contributed by atoms with Crippen molar-refractivity contribution < 1.29 is 9.50 Å². The topological polar surface area (TPSA) is 32.3 Å². The Balaban J connectivity index is 2.35. The molecule has 0 aliphatic heterocycles. The van der Waals surface area contributed by atoms with E-state index in [2.05, 4.69) is 21.2 Å². The van der Waals surface area contributed by atoms with Gasteiger partial charge in [0.25, 0.3) is 0 Å². The van der Waals surface area contributed by atoms with Gasteiger partial charge in [-0.1, -0.05) is 39.7 Å².